The molecule has 159 valence electrons. The Morgan fingerprint density at radius 2 is 1.06 bits per heavy atom. The van der Waals surface area contributed by atoms with E-state index in [0.717, 1.165) is 15.9 Å². The summed E-state index contributed by atoms with van der Waals surface area (Å²) in [6, 6.07) is 29.9. The molecule has 7 heteroatoms. The van der Waals surface area contributed by atoms with Crippen LogP contribution in [0.25, 0.3) is 0 Å². The van der Waals surface area contributed by atoms with Crippen LogP contribution >= 0.6 is 6.89 Å². The second kappa shape index (κ2) is 12.6. The van der Waals surface area contributed by atoms with Crippen molar-refractivity contribution in [3.8, 4) is 0 Å². The van der Waals surface area contributed by atoms with Gasteiger partial charge in [-0.3, -0.25) is 4.79 Å². The van der Waals surface area contributed by atoms with Gasteiger partial charge in [-0.25, -0.2) is 9.59 Å². The molecule has 31 heavy (non-hydrogen) atoms. The third-order valence-electron chi connectivity index (χ3n) is 4.16. The maximum atomic E-state index is 12.2. The number of carbonyl (C=O) groups is 3. The smallest absolute Gasteiger partial charge is 0.475 e. The van der Waals surface area contributed by atoms with E-state index in [0.29, 0.717) is 0 Å². The van der Waals surface area contributed by atoms with Crippen molar-refractivity contribution in [1.29, 1.82) is 0 Å². The zero-order chi connectivity index (χ0) is 22.0. The van der Waals surface area contributed by atoms with E-state index < -0.39 is 30.8 Å². The molecule has 0 unspecified atom stereocenters. The van der Waals surface area contributed by atoms with Gasteiger partial charge in [-0.1, -0.05) is 91.0 Å². The van der Waals surface area contributed by atoms with E-state index in [2.05, 4.69) is 12.6 Å². The summed E-state index contributed by atoms with van der Waals surface area (Å²) in [5, 5.41) is 11.0. The first-order valence-electron chi connectivity index (χ1n) is 8.98. The molecular weight excluding hydrogens is 502 g/mol. The summed E-state index contributed by atoms with van der Waals surface area (Å²) in [6.45, 7) is 0.498. The number of carboxylic acid groups (broad SMARTS) is 1. The van der Waals surface area contributed by atoms with Gasteiger partial charge in [-0.05, 0) is 15.9 Å². The van der Waals surface area contributed by atoms with Crippen molar-refractivity contribution in [2.45, 2.75) is 6.42 Å². The minimum atomic E-state index is -2.34. The van der Waals surface area contributed by atoms with Crippen LogP contribution in [0.1, 0.15) is 6.42 Å². The van der Waals surface area contributed by atoms with Gasteiger partial charge in [-0.15, -0.1) is 0 Å². The Kier molecular flexibility index (Phi) is 10.6. The number of carbonyl (C=O) groups excluding carboxylic acids is 3. The van der Waals surface area contributed by atoms with Crippen LogP contribution in [0.4, 0.5) is 0 Å². The third kappa shape index (κ3) is 6.74. The van der Waals surface area contributed by atoms with Crippen LogP contribution in [0.2, 0.25) is 0 Å². The van der Waals surface area contributed by atoms with Crippen LogP contribution in [-0.2, 0) is 38.7 Å². The van der Waals surface area contributed by atoms with Gasteiger partial charge in [0.2, 0.25) is 5.78 Å². The number of benzene rings is 3. The van der Waals surface area contributed by atoms with Crippen molar-refractivity contribution < 1.29 is 43.8 Å². The van der Waals surface area contributed by atoms with Gasteiger partial charge in [0.15, 0.2) is 0 Å². The van der Waals surface area contributed by atoms with Crippen LogP contribution < -0.4 is 15.9 Å². The van der Waals surface area contributed by atoms with Crippen molar-refractivity contribution in [2.75, 3.05) is 0 Å². The second-order valence-electron chi connectivity index (χ2n) is 6.21. The average molecular weight is 522 g/mol. The second-order valence-corrected chi connectivity index (χ2v) is 9.29. The van der Waals surface area contributed by atoms with Crippen LogP contribution in [0.5, 0.6) is 0 Å². The first-order chi connectivity index (χ1) is 14.4. The molecule has 3 aromatic carbocycles. The average Bonchev–Trinajstić information content (AvgIpc) is 2.77. The monoisotopic (exact) mass is 522 g/mol. The maximum Gasteiger partial charge on any atom is 2.00 e. The zero-order valence-electron chi connectivity index (χ0n) is 16.4. The Balaban J connectivity index is 0.000000413. The van der Waals surface area contributed by atoms with Crippen LogP contribution in [-0.4, -0.2) is 28.3 Å². The summed E-state index contributed by atoms with van der Waals surface area (Å²) in [5.41, 5.74) is 2.43. The molecule has 0 spiro atoms. The largest absolute Gasteiger partial charge is 2.00 e. The van der Waals surface area contributed by atoms with Crippen LogP contribution in [0.3, 0.4) is 0 Å². The standard InChI is InChI=1S/C19H15OP.C5H5O4.Rh/c20-16-21(17-10-4-1-5-11-17,18-12-6-2-7-13-18)19-14-8-3-9-15-19;1-3(6)2-4(7)5(8)9;/h1-15H;1-2H2,(H,8,9);/q;-1;+2. The summed E-state index contributed by atoms with van der Waals surface area (Å²) >= 11 is 0. The predicted molar refractivity (Wildman–Crippen MR) is 118 cm³/mol. The van der Waals surface area contributed by atoms with Crippen molar-refractivity contribution in [2.24, 2.45) is 0 Å². The molecule has 0 fully saturated rings. The molecule has 3 aromatic rings. The van der Waals surface area contributed by atoms with E-state index in [4.69, 9.17) is 5.11 Å². The van der Waals surface area contributed by atoms with Crippen molar-refractivity contribution in [3.63, 3.8) is 0 Å². The number of hydrogen-bond donors (Lipinski definition) is 1. The van der Waals surface area contributed by atoms with Crippen molar-refractivity contribution in [1.82, 2.24) is 0 Å². The van der Waals surface area contributed by atoms with Crippen LogP contribution in [0.15, 0.2) is 91.0 Å². The third-order valence-corrected chi connectivity index (χ3v) is 7.66. The number of rotatable bonds is 6. The molecule has 0 aliphatic heterocycles. The SMILES string of the molecule is O=C=P(c1ccccc1)(c1ccccc1)c1ccccc1.[CH2-]C(=O)CC(=O)C(=O)O.[Rh+2]. The molecule has 0 heterocycles. The van der Waals surface area contributed by atoms with Crippen LogP contribution in [0, 0.1) is 6.92 Å². The summed E-state index contributed by atoms with van der Waals surface area (Å²) in [7, 11) is 0. The van der Waals surface area contributed by atoms with E-state index in [1.807, 2.05) is 91.0 Å². The van der Waals surface area contributed by atoms with Crippen molar-refractivity contribution in [3.05, 3.63) is 97.9 Å². The Morgan fingerprint density at radius 3 is 1.26 bits per heavy atom. The predicted octanol–water partition coefficient (Wildman–Crippen LogP) is 2.48. The summed E-state index contributed by atoms with van der Waals surface area (Å²) in [4.78, 5) is 41.9. The molecule has 0 aliphatic rings. The molecule has 0 bridgehead atoms. The summed E-state index contributed by atoms with van der Waals surface area (Å²) < 4.78 is 0. The minimum Gasteiger partial charge on any atom is -0.475 e. The summed E-state index contributed by atoms with van der Waals surface area (Å²) in [6.07, 6.45) is -0.616. The fourth-order valence-corrected chi connectivity index (χ4v) is 5.88. The number of carboxylic acids is 1. The summed E-state index contributed by atoms with van der Waals surface area (Å²) in [5.74, 6) is -3.38. The Labute approximate surface area is 193 Å². The van der Waals surface area contributed by atoms with E-state index in [1.165, 1.54) is 0 Å². The van der Waals surface area contributed by atoms with E-state index in [9.17, 15) is 19.2 Å². The van der Waals surface area contributed by atoms with Crippen molar-refractivity contribution >= 4 is 46.0 Å². The topological polar surface area (TPSA) is 88.5 Å². The minimum absolute atomic E-state index is 0. The molecule has 3 rings (SSSR count). The van der Waals surface area contributed by atoms with Gasteiger partial charge < -0.3 is 16.8 Å². The molecule has 5 nitrogen and oxygen atoms in total. The normalized spacial score (nSPS) is 9.81. The molecule has 0 aliphatic carbocycles. The van der Waals surface area contributed by atoms with Gasteiger partial charge in [0.25, 0.3) is 0 Å². The van der Waals surface area contributed by atoms with E-state index >= 15 is 0 Å². The number of aliphatic carboxylic acids is 1. The van der Waals surface area contributed by atoms with E-state index in [1.54, 1.807) is 0 Å². The van der Waals surface area contributed by atoms with Gasteiger partial charge in [0.1, 0.15) is 5.66 Å². The van der Waals surface area contributed by atoms with Gasteiger partial charge >= 0.3 is 25.4 Å². The number of Topliss-reactive ketones (excluding diaryl/α,β-unsaturated/α-hetero) is 2. The Bertz CT molecular complexity index is 989. The Hall–Kier alpha value is -3.03. The fourth-order valence-electron chi connectivity index (χ4n) is 2.81. The number of ketones is 2. The molecule has 1 N–H and O–H groups in total. The van der Waals surface area contributed by atoms with Gasteiger partial charge in [-0.2, -0.15) is 0 Å². The van der Waals surface area contributed by atoms with Gasteiger partial charge in [0.05, 0.1) is 6.89 Å². The van der Waals surface area contributed by atoms with E-state index in [-0.39, 0.29) is 19.5 Å². The molecule has 1 radical (unpaired) electrons. The maximum absolute atomic E-state index is 12.2. The zero-order valence-corrected chi connectivity index (χ0v) is 19.0. The van der Waals surface area contributed by atoms with Gasteiger partial charge in [0, 0.05) is 12.2 Å². The molecule has 0 amide bonds. The Morgan fingerprint density at radius 1 is 0.742 bits per heavy atom. The quantitative estimate of drug-likeness (QED) is 0.177. The molecule has 0 saturated heterocycles. The molecule has 0 aromatic heterocycles. The first-order valence-corrected chi connectivity index (χ1v) is 10.8. The molecule has 0 saturated carbocycles. The number of hydrogen-bond acceptors (Lipinski definition) is 4. The fraction of sp³-hybridized carbons (Fsp3) is 0.0417. The molecular formula is C24H20O5PRh+. The molecule has 0 atom stereocenters. The first kappa shape index (κ1) is 26.0.